The van der Waals surface area contributed by atoms with E-state index in [-0.39, 0.29) is 22.3 Å². The van der Waals surface area contributed by atoms with Gasteiger partial charge < -0.3 is 25.5 Å². The zero-order valence-corrected chi connectivity index (χ0v) is 19.3. The van der Waals surface area contributed by atoms with Crippen LogP contribution in [0.25, 0.3) is 0 Å². The van der Waals surface area contributed by atoms with Gasteiger partial charge in [0, 0.05) is 5.41 Å². The Morgan fingerprint density at radius 3 is 2.47 bits per heavy atom. The van der Waals surface area contributed by atoms with Gasteiger partial charge in [-0.25, -0.2) is 0 Å². The molecule has 172 valence electrons. The molecule has 1 spiro atoms. The molecule has 4 rings (SSSR count). The van der Waals surface area contributed by atoms with Gasteiger partial charge in [0.1, 0.15) is 11.7 Å². The third-order valence-corrected chi connectivity index (χ3v) is 10.1. The molecule has 3 saturated carbocycles. The summed E-state index contributed by atoms with van der Waals surface area (Å²) in [4.78, 5) is 0. The standard InChI is InChI=1S/C25H42O5/c1-14-10-19(28)25-15(2)6-7-16(25)20-22(3,11-17(14)25)8-9-23(20,4)12-18(27)21(29)24(5,30)13-26/h11,14-16,18-21,26-30H,6-10,12-13H2,1-5H3/t14-,15-,16+,18-,19+,20-,21-,22+,23+,24-,25+/m0/s1. The van der Waals surface area contributed by atoms with Crippen molar-refractivity contribution in [3.63, 3.8) is 0 Å². The lowest BCUT2D eigenvalue weighted by molar-refractivity contribution is -0.148. The summed E-state index contributed by atoms with van der Waals surface area (Å²) in [5.41, 5.74) is -0.551. The number of hydrogen-bond donors (Lipinski definition) is 5. The van der Waals surface area contributed by atoms with E-state index in [0.717, 1.165) is 32.1 Å². The van der Waals surface area contributed by atoms with Gasteiger partial charge in [0.05, 0.1) is 18.8 Å². The molecule has 0 amide bonds. The van der Waals surface area contributed by atoms with E-state index < -0.39 is 24.4 Å². The molecule has 30 heavy (non-hydrogen) atoms. The summed E-state index contributed by atoms with van der Waals surface area (Å²) in [6.45, 7) is 9.92. The van der Waals surface area contributed by atoms with E-state index in [9.17, 15) is 25.5 Å². The second kappa shape index (κ2) is 7.02. The summed E-state index contributed by atoms with van der Waals surface area (Å²) < 4.78 is 0. The first-order valence-electron chi connectivity index (χ1n) is 11.9. The van der Waals surface area contributed by atoms with Gasteiger partial charge in [0.25, 0.3) is 0 Å². The Morgan fingerprint density at radius 1 is 1.17 bits per heavy atom. The maximum atomic E-state index is 11.3. The van der Waals surface area contributed by atoms with Gasteiger partial charge in [-0.15, -0.1) is 0 Å². The van der Waals surface area contributed by atoms with E-state index in [0.29, 0.717) is 30.1 Å². The molecule has 0 saturated heterocycles. The normalized spacial score (nSPS) is 51.5. The smallest absolute Gasteiger partial charge is 0.113 e. The highest BCUT2D eigenvalue weighted by atomic mass is 16.4. The van der Waals surface area contributed by atoms with Crippen LogP contribution >= 0.6 is 0 Å². The van der Waals surface area contributed by atoms with Crippen LogP contribution in [-0.2, 0) is 0 Å². The SMILES string of the molecule is C[C@H]1C[C@@H](O)[C@@]23C1=C[C@@]1(C)CC[C@](C)(C[C@H](O)[C@H](O)[C@@](C)(O)CO)[C@H]1[C@H]2CC[C@@H]3C. The summed E-state index contributed by atoms with van der Waals surface area (Å²) in [6, 6.07) is 0. The summed E-state index contributed by atoms with van der Waals surface area (Å²) in [7, 11) is 0. The van der Waals surface area contributed by atoms with Gasteiger partial charge >= 0.3 is 0 Å². The number of fused-ring (bicyclic) bond motifs is 2. The first kappa shape index (κ1) is 22.7. The van der Waals surface area contributed by atoms with Gasteiger partial charge in [-0.3, -0.25) is 0 Å². The topological polar surface area (TPSA) is 101 Å². The Labute approximate surface area is 181 Å². The monoisotopic (exact) mass is 422 g/mol. The predicted octanol–water partition coefficient (Wildman–Crippen LogP) is 2.64. The molecule has 0 aromatic rings. The Morgan fingerprint density at radius 2 is 1.83 bits per heavy atom. The zero-order chi connectivity index (χ0) is 22.3. The third-order valence-electron chi connectivity index (χ3n) is 10.1. The summed E-state index contributed by atoms with van der Waals surface area (Å²) in [6.07, 6.45) is 5.16. The van der Waals surface area contributed by atoms with Gasteiger partial charge in [0.2, 0.25) is 0 Å². The van der Waals surface area contributed by atoms with Crippen molar-refractivity contribution in [2.24, 2.45) is 39.9 Å². The third kappa shape index (κ3) is 2.85. The second-order valence-corrected chi connectivity index (χ2v) is 12.1. The van der Waals surface area contributed by atoms with E-state index in [1.54, 1.807) is 0 Å². The molecule has 3 fully saturated rings. The molecule has 11 atom stereocenters. The molecule has 5 nitrogen and oxygen atoms in total. The quantitative estimate of drug-likeness (QED) is 0.439. The molecular weight excluding hydrogens is 380 g/mol. The Balaban J connectivity index is 1.72. The lowest BCUT2D eigenvalue weighted by Crippen LogP contribution is -2.54. The van der Waals surface area contributed by atoms with Crippen LogP contribution in [0.3, 0.4) is 0 Å². The first-order valence-corrected chi connectivity index (χ1v) is 11.9. The molecule has 5 heteroatoms. The summed E-state index contributed by atoms with van der Waals surface area (Å²) in [5, 5.41) is 52.4. The first-order chi connectivity index (χ1) is 13.8. The molecule has 0 aromatic carbocycles. The minimum Gasteiger partial charge on any atom is -0.393 e. The van der Waals surface area contributed by atoms with Crippen LogP contribution in [0, 0.1) is 39.9 Å². The predicted molar refractivity (Wildman–Crippen MR) is 115 cm³/mol. The lowest BCUT2D eigenvalue weighted by atomic mass is 9.49. The average Bonchev–Trinajstić information content (AvgIpc) is 3.23. The van der Waals surface area contributed by atoms with Crippen LogP contribution in [-0.4, -0.2) is 56.1 Å². The van der Waals surface area contributed by atoms with Gasteiger partial charge in [-0.2, -0.15) is 0 Å². The van der Waals surface area contributed by atoms with Crippen molar-refractivity contribution in [3.8, 4) is 0 Å². The molecule has 5 N–H and O–H groups in total. The highest BCUT2D eigenvalue weighted by Gasteiger charge is 2.69. The van der Waals surface area contributed by atoms with E-state index in [1.165, 1.54) is 12.5 Å². The molecule has 0 heterocycles. The number of aliphatic hydroxyl groups is 5. The number of aliphatic hydroxyl groups excluding tert-OH is 4. The fourth-order valence-electron chi connectivity index (χ4n) is 8.78. The van der Waals surface area contributed by atoms with Crippen molar-refractivity contribution in [1.82, 2.24) is 0 Å². The maximum Gasteiger partial charge on any atom is 0.113 e. The average molecular weight is 423 g/mol. The van der Waals surface area contributed by atoms with E-state index in [2.05, 4.69) is 33.8 Å². The minimum atomic E-state index is -1.72. The Hall–Kier alpha value is -0.460. The molecule has 0 bridgehead atoms. The fourth-order valence-corrected chi connectivity index (χ4v) is 8.78. The van der Waals surface area contributed by atoms with Crippen molar-refractivity contribution in [1.29, 1.82) is 0 Å². The van der Waals surface area contributed by atoms with Crippen LogP contribution < -0.4 is 0 Å². The largest absolute Gasteiger partial charge is 0.393 e. The van der Waals surface area contributed by atoms with Crippen LogP contribution in [0.5, 0.6) is 0 Å². The zero-order valence-electron chi connectivity index (χ0n) is 19.3. The van der Waals surface area contributed by atoms with Crippen molar-refractivity contribution < 1.29 is 25.5 Å². The molecule has 4 aliphatic rings. The molecular formula is C25H42O5. The number of allylic oxidation sites excluding steroid dienone is 1. The maximum absolute atomic E-state index is 11.3. The Kier molecular flexibility index (Phi) is 5.32. The van der Waals surface area contributed by atoms with Crippen molar-refractivity contribution >= 4 is 0 Å². The second-order valence-electron chi connectivity index (χ2n) is 12.1. The number of hydrogen-bond acceptors (Lipinski definition) is 5. The van der Waals surface area contributed by atoms with E-state index >= 15 is 0 Å². The van der Waals surface area contributed by atoms with Crippen LogP contribution in [0.4, 0.5) is 0 Å². The van der Waals surface area contributed by atoms with E-state index in [4.69, 9.17) is 0 Å². The van der Waals surface area contributed by atoms with Crippen molar-refractivity contribution in [2.45, 2.75) is 97.1 Å². The lowest BCUT2D eigenvalue weighted by Gasteiger charge is -2.55. The molecule has 0 aromatic heterocycles. The highest BCUT2D eigenvalue weighted by Crippen LogP contribution is 2.74. The van der Waals surface area contributed by atoms with Crippen LogP contribution in [0.1, 0.15) is 73.1 Å². The molecule has 4 aliphatic carbocycles. The van der Waals surface area contributed by atoms with Crippen molar-refractivity contribution in [2.75, 3.05) is 6.61 Å². The fraction of sp³-hybridized carbons (Fsp3) is 0.920. The summed E-state index contributed by atoms with van der Waals surface area (Å²) >= 11 is 0. The van der Waals surface area contributed by atoms with Crippen LogP contribution in [0.15, 0.2) is 11.6 Å². The van der Waals surface area contributed by atoms with Gasteiger partial charge in [-0.1, -0.05) is 39.3 Å². The van der Waals surface area contributed by atoms with Crippen molar-refractivity contribution in [3.05, 3.63) is 11.6 Å². The molecule has 0 unspecified atom stereocenters. The minimum absolute atomic E-state index is 0.0325. The van der Waals surface area contributed by atoms with Gasteiger partial charge in [0.15, 0.2) is 0 Å². The van der Waals surface area contributed by atoms with Gasteiger partial charge in [-0.05, 0) is 80.0 Å². The summed E-state index contributed by atoms with van der Waals surface area (Å²) in [5.74, 6) is 1.57. The highest BCUT2D eigenvalue weighted by molar-refractivity contribution is 5.38. The van der Waals surface area contributed by atoms with E-state index in [1.807, 2.05) is 0 Å². The Bertz CT molecular complexity index is 718. The number of rotatable bonds is 5. The van der Waals surface area contributed by atoms with Crippen LogP contribution in [0.2, 0.25) is 0 Å². The molecule has 0 aliphatic heterocycles. The molecule has 0 radical (unpaired) electrons.